The topological polar surface area (TPSA) is 76.3 Å². The molecular weight excluding hydrogens is 432 g/mol. The van der Waals surface area contributed by atoms with Crippen LogP contribution in [-0.2, 0) is 6.42 Å². The molecule has 146 valence electrons. The third-order valence-electron chi connectivity index (χ3n) is 4.94. The molecule has 1 aliphatic carbocycles. The number of ketones is 1. The average molecular weight is 451 g/mol. The van der Waals surface area contributed by atoms with Gasteiger partial charge in [-0.25, -0.2) is 10.1 Å². The van der Waals surface area contributed by atoms with Crippen LogP contribution in [0.3, 0.4) is 0 Å². The minimum Gasteiger partial charge on any atom is -0.287 e. The summed E-state index contributed by atoms with van der Waals surface area (Å²) in [5, 5.41) is 8.64. The van der Waals surface area contributed by atoms with E-state index in [-0.39, 0.29) is 11.7 Å². The van der Waals surface area contributed by atoms with E-state index in [0.29, 0.717) is 23.3 Å². The fourth-order valence-electron chi connectivity index (χ4n) is 3.47. The Balaban J connectivity index is 1.65. The molecular formula is C22H19BrN4O2. The smallest absolute Gasteiger partial charge is 0.271 e. The van der Waals surface area contributed by atoms with E-state index in [1.807, 2.05) is 50.2 Å². The van der Waals surface area contributed by atoms with E-state index in [9.17, 15) is 9.59 Å². The second kappa shape index (κ2) is 7.40. The lowest BCUT2D eigenvalue weighted by Crippen LogP contribution is -2.40. The maximum Gasteiger partial charge on any atom is 0.271 e. The van der Waals surface area contributed by atoms with E-state index >= 15 is 0 Å². The Kier molecular flexibility index (Phi) is 4.92. The molecule has 1 amide bonds. The number of aromatic nitrogens is 2. The molecule has 6 nitrogen and oxygen atoms in total. The molecule has 0 aliphatic heterocycles. The number of benzene rings is 2. The zero-order valence-corrected chi connectivity index (χ0v) is 17.6. The van der Waals surface area contributed by atoms with Crippen LogP contribution >= 0.6 is 15.9 Å². The summed E-state index contributed by atoms with van der Waals surface area (Å²) in [6, 6.07) is 16.7. The van der Waals surface area contributed by atoms with Crippen molar-refractivity contribution in [3.63, 3.8) is 0 Å². The molecule has 7 heteroatoms. The third-order valence-corrected chi connectivity index (χ3v) is 5.43. The molecule has 1 heterocycles. The van der Waals surface area contributed by atoms with Crippen LogP contribution in [0, 0.1) is 5.41 Å². The Morgan fingerprint density at radius 1 is 1.17 bits per heavy atom. The van der Waals surface area contributed by atoms with Gasteiger partial charge in [-0.15, -0.1) is 0 Å². The van der Waals surface area contributed by atoms with Crippen LogP contribution < -0.4 is 5.43 Å². The zero-order valence-electron chi connectivity index (χ0n) is 16.0. The first-order chi connectivity index (χ1) is 13.9. The van der Waals surface area contributed by atoms with Gasteiger partial charge in [-0.2, -0.15) is 10.2 Å². The molecule has 3 aromatic rings. The van der Waals surface area contributed by atoms with Crippen molar-refractivity contribution in [2.24, 2.45) is 10.5 Å². The number of para-hydroxylation sites is 1. The van der Waals surface area contributed by atoms with Gasteiger partial charge < -0.3 is 0 Å². The molecule has 2 aromatic carbocycles. The highest BCUT2D eigenvalue weighted by Crippen LogP contribution is 2.34. The SMILES string of the molecule is CC1(C)Cc2c(cnn2-c2ccccc2)C(=O)C1=NNC(=O)c1cccc(Br)c1. The Labute approximate surface area is 176 Å². The molecule has 0 radical (unpaired) electrons. The highest BCUT2D eigenvalue weighted by atomic mass is 79.9. The number of halogens is 1. The number of hydrogen-bond donors (Lipinski definition) is 1. The molecule has 0 bridgehead atoms. The highest BCUT2D eigenvalue weighted by Gasteiger charge is 2.40. The molecule has 4 rings (SSSR count). The van der Waals surface area contributed by atoms with Gasteiger partial charge in [0.2, 0.25) is 5.78 Å². The molecule has 0 fully saturated rings. The van der Waals surface area contributed by atoms with Crippen molar-refractivity contribution in [2.45, 2.75) is 20.3 Å². The van der Waals surface area contributed by atoms with Gasteiger partial charge in [0, 0.05) is 21.9 Å². The van der Waals surface area contributed by atoms with Crippen molar-refractivity contribution >= 4 is 33.3 Å². The van der Waals surface area contributed by atoms with Crippen LogP contribution in [0.5, 0.6) is 0 Å². The lowest BCUT2D eigenvalue weighted by atomic mass is 9.74. The summed E-state index contributed by atoms with van der Waals surface area (Å²) in [7, 11) is 0. The number of carbonyl (C=O) groups excluding carboxylic acids is 2. The summed E-state index contributed by atoms with van der Waals surface area (Å²) < 4.78 is 2.59. The molecule has 1 aliphatic rings. The fourth-order valence-corrected chi connectivity index (χ4v) is 3.86. The van der Waals surface area contributed by atoms with Gasteiger partial charge in [0.1, 0.15) is 5.71 Å². The maximum atomic E-state index is 13.1. The van der Waals surface area contributed by atoms with Crippen LogP contribution in [0.1, 0.15) is 40.3 Å². The molecule has 0 saturated carbocycles. The van der Waals surface area contributed by atoms with E-state index in [2.05, 4.69) is 31.6 Å². The lowest BCUT2D eigenvalue weighted by molar-refractivity contribution is 0.0954. The number of Topliss-reactive ketones (excluding diaryl/α,β-unsaturated/α-hetero) is 1. The fraction of sp³-hybridized carbons (Fsp3) is 0.182. The van der Waals surface area contributed by atoms with E-state index < -0.39 is 5.41 Å². The Bertz CT molecular complexity index is 1130. The van der Waals surface area contributed by atoms with E-state index in [0.717, 1.165) is 15.9 Å². The van der Waals surface area contributed by atoms with Gasteiger partial charge in [-0.1, -0.05) is 54.0 Å². The number of nitrogens with one attached hydrogen (secondary N) is 1. The molecule has 0 spiro atoms. The summed E-state index contributed by atoms with van der Waals surface area (Å²) in [6.07, 6.45) is 2.15. The minimum atomic E-state index is -0.554. The predicted octanol–water partition coefficient (Wildman–Crippen LogP) is 4.19. The van der Waals surface area contributed by atoms with Crippen molar-refractivity contribution in [3.8, 4) is 5.69 Å². The second-order valence-electron chi connectivity index (χ2n) is 7.55. The number of amides is 1. The summed E-state index contributed by atoms with van der Waals surface area (Å²) in [6.45, 7) is 3.89. The first-order valence-electron chi connectivity index (χ1n) is 9.18. The summed E-state index contributed by atoms with van der Waals surface area (Å²) >= 11 is 3.35. The van der Waals surface area contributed by atoms with Crippen LogP contribution in [0.25, 0.3) is 5.69 Å². The number of hydrogen-bond acceptors (Lipinski definition) is 4. The maximum absolute atomic E-state index is 13.1. The van der Waals surface area contributed by atoms with Crippen LogP contribution in [0.15, 0.2) is 70.4 Å². The van der Waals surface area contributed by atoms with Crippen molar-refractivity contribution in [2.75, 3.05) is 0 Å². The number of fused-ring (bicyclic) bond motifs is 1. The van der Waals surface area contributed by atoms with Crippen molar-refractivity contribution < 1.29 is 9.59 Å². The van der Waals surface area contributed by atoms with E-state index in [1.54, 1.807) is 29.1 Å². The van der Waals surface area contributed by atoms with Gasteiger partial charge in [0.25, 0.3) is 5.91 Å². The normalized spacial score (nSPS) is 16.5. The standard InChI is InChI=1S/C22H19BrN4O2/c1-22(2)12-18-17(13-24-27(18)16-9-4-3-5-10-16)19(28)20(22)25-26-21(29)14-7-6-8-15(23)11-14/h3-11,13H,12H2,1-2H3,(H,26,29). The van der Waals surface area contributed by atoms with Gasteiger partial charge in [0.05, 0.1) is 23.1 Å². The van der Waals surface area contributed by atoms with Crippen molar-refractivity contribution in [1.82, 2.24) is 15.2 Å². The van der Waals surface area contributed by atoms with Crippen molar-refractivity contribution in [3.05, 3.63) is 82.1 Å². The van der Waals surface area contributed by atoms with E-state index in [4.69, 9.17) is 0 Å². The molecule has 0 unspecified atom stereocenters. The molecule has 29 heavy (non-hydrogen) atoms. The van der Waals surface area contributed by atoms with Gasteiger partial charge in [0.15, 0.2) is 0 Å². The van der Waals surface area contributed by atoms with Gasteiger partial charge in [-0.3, -0.25) is 9.59 Å². The molecule has 0 atom stereocenters. The number of hydrazone groups is 1. The number of nitrogens with zero attached hydrogens (tertiary/aromatic N) is 3. The van der Waals surface area contributed by atoms with Crippen LogP contribution in [-0.4, -0.2) is 27.2 Å². The van der Waals surface area contributed by atoms with Crippen molar-refractivity contribution in [1.29, 1.82) is 0 Å². The molecule has 1 N–H and O–H groups in total. The van der Waals surface area contributed by atoms with Gasteiger partial charge in [-0.05, 0) is 30.3 Å². The monoisotopic (exact) mass is 450 g/mol. The molecule has 0 saturated heterocycles. The highest BCUT2D eigenvalue weighted by molar-refractivity contribution is 9.10. The first kappa shape index (κ1) is 19.3. The first-order valence-corrected chi connectivity index (χ1v) is 9.97. The predicted molar refractivity (Wildman–Crippen MR) is 114 cm³/mol. The minimum absolute atomic E-state index is 0.215. The number of carbonyl (C=O) groups is 2. The summed E-state index contributed by atoms with van der Waals surface area (Å²) in [4.78, 5) is 25.6. The molecule has 1 aromatic heterocycles. The quantitative estimate of drug-likeness (QED) is 0.607. The van der Waals surface area contributed by atoms with Crippen LogP contribution in [0.2, 0.25) is 0 Å². The zero-order chi connectivity index (χ0) is 20.6. The Morgan fingerprint density at radius 3 is 2.66 bits per heavy atom. The summed E-state index contributed by atoms with van der Waals surface area (Å²) in [5.74, 6) is -0.582. The largest absolute Gasteiger partial charge is 0.287 e. The Hall–Kier alpha value is -3.06. The van der Waals surface area contributed by atoms with E-state index in [1.165, 1.54) is 0 Å². The second-order valence-corrected chi connectivity index (χ2v) is 8.47. The van der Waals surface area contributed by atoms with Gasteiger partial charge >= 0.3 is 0 Å². The lowest BCUT2D eigenvalue weighted by Gasteiger charge is -2.30. The number of rotatable bonds is 3. The Morgan fingerprint density at radius 2 is 1.93 bits per heavy atom. The van der Waals surface area contributed by atoms with Crippen LogP contribution in [0.4, 0.5) is 0 Å². The average Bonchev–Trinajstić information content (AvgIpc) is 3.11. The third kappa shape index (κ3) is 3.65. The summed E-state index contributed by atoms with van der Waals surface area (Å²) in [5.41, 5.74) is 5.03.